The Labute approximate surface area is 145 Å². The van der Waals surface area contributed by atoms with Crippen LogP contribution in [0.3, 0.4) is 0 Å². The number of carboxylic acids is 1. The third-order valence-electron chi connectivity index (χ3n) is 3.26. The van der Waals surface area contributed by atoms with Gasteiger partial charge < -0.3 is 15.7 Å². The third kappa shape index (κ3) is 7.28. The molecule has 2 amide bonds. The highest BCUT2D eigenvalue weighted by atomic mass is 35.5. The van der Waals surface area contributed by atoms with Gasteiger partial charge in [-0.15, -0.1) is 6.58 Å². The van der Waals surface area contributed by atoms with Crippen molar-refractivity contribution in [2.24, 2.45) is 0 Å². The van der Waals surface area contributed by atoms with Crippen molar-refractivity contribution in [2.75, 3.05) is 0 Å². The highest BCUT2D eigenvalue weighted by Gasteiger charge is 2.23. The zero-order valence-corrected chi connectivity index (χ0v) is 14.2. The van der Waals surface area contributed by atoms with E-state index in [0.29, 0.717) is 11.4 Å². The van der Waals surface area contributed by atoms with E-state index in [1.165, 1.54) is 13.0 Å². The maximum Gasteiger partial charge on any atom is 0.305 e. The third-order valence-corrected chi connectivity index (χ3v) is 3.51. The van der Waals surface area contributed by atoms with Crippen LogP contribution in [0.25, 0.3) is 0 Å². The van der Waals surface area contributed by atoms with E-state index >= 15 is 0 Å². The number of aliphatic carboxylic acids is 1. The molecule has 1 aromatic rings. The number of benzene rings is 1. The van der Waals surface area contributed by atoms with Crippen molar-refractivity contribution in [2.45, 2.75) is 38.3 Å². The topological polar surface area (TPSA) is 95.5 Å². The molecule has 0 bridgehead atoms. The zero-order chi connectivity index (χ0) is 18.1. The van der Waals surface area contributed by atoms with Crippen molar-refractivity contribution in [3.8, 4) is 0 Å². The van der Waals surface area contributed by atoms with Crippen molar-refractivity contribution in [3.63, 3.8) is 0 Å². The fourth-order valence-corrected chi connectivity index (χ4v) is 2.36. The molecule has 3 N–H and O–H groups in total. The molecule has 0 spiro atoms. The van der Waals surface area contributed by atoms with E-state index in [2.05, 4.69) is 17.2 Å². The van der Waals surface area contributed by atoms with Crippen LogP contribution in [0.4, 0.5) is 0 Å². The second kappa shape index (κ2) is 9.72. The molecule has 0 aliphatic carbocycles. The van der Waals surface area contributed by atoms with Crippen molar-refractivity contribution in [1.29, 1.82) is 0 Å². The number of halogens is 1. The van der Waals surface area contributed by atoms with Crippen LogP contribution in [0.1, 0.15) is 25.3 Å². The van der Waals surface area contributed by atoms with Gasteiger partial charge in [-0.3, -0.25) is 14.4 Å². The first-order valence-corrected chi connectivity index (χ1v) is 7.84. The average molecular weight is 353 g/mol. The molecule has 0 saturated carbocycles. The van der Waals surface area contributed by atoms with Gasteiger partial charge in [0.25, 0.3) is 0 Å². The van der Waals surface area contributed by atoms with Crippen LogP contribution in [-0.2, 0) is 20.8 Å². The van der Waals surface area contributed by atoms with Crippen LogP contribution in [0, 0.1) is 0 Å². The lowest BCUT2D eigenvalue weighted by Crippen LogP contribution is -2.50. The number of carboxylic acid groups (broad SMARTS) is 1. The highest BCUT2D eigenvalue weighted by molar-refractivity contribution is 6.30. The number of nitrogens with one attached hydrogen (secondary N) is 2. The molecule has 24 heavy (non-hydrogen) atoms. The van der Waals surface area contributed by atoms with Gasteiger partial charge in [0.15, 0.2) is 0 Å². The summed E-state index contributed by atoms with van der Waals surface area (Å²) in [5, 5.41) is 14.8. The first-order valence-electron chi connectivity index (χ1n) is 7.46. The molecule has 0 heterocycles. The Morgan fingerprint density at radius 2 is 1.88 bits per heavy atom. The van der Waals surface area contributed by atoms with E-state index in [9.17, 15) is 14.4 Å². The van der Waals surface area contributed by atoms with Gasteiger partial charge >= 0.3 is 5.97 Å². The van der Waals surface area contributed by atoms with E-state index in [0.717, 1.165) is 5.56 Å². The van der Waals surface area contributed by atoms with Crippen LogP contribution in [0.5, 0.6) is 0 Å². The predicted molar refractivity (Wildman–Crippen MR) is 91.8 cm³/mol. The summed E-state index contributed by atoms with van der Waals surface area (Å²) < 4.78 is 0. The van der Waals surface area contributed by atoms with Crippen molar-refractivity contribution in [3.05, 3.63) is 47.5 Å². The Kier molecular flexibility index (Phi) is 7.98. The number of hydrogen-bond donors (Lipinski definition) is 3. The predicted octanol–water partition coefficient (Wildman–Crippen LogP) is 1.92. The minimum atomic E-state index is -1.02. The SMILES string of the molecule is C=CCC(NC(C)=O)C(=O)N[C@@H](CC(=O)O)Cc1ccc(Cl)cc1. The fourth-order valence-electron chi connectivity index (χ4n) is 2.24. The second-order valence-corrected chi connectivity index (χ2v) is 5.85. The van der Waals surface area contributed by atoms with Gasteiger partial charge in [-0.1, -0.05) is 29.8 Å². The monoisotopic (exact) mass is 352 g/mol. The molecule has 7 heteroatoms. The zero-order valence-electron chi connectivity index (χ0n) is 13.4. The summed E-state index contributed by atoms with van der Waals surface area (Å²) >= 11 is 5.83. The number of amides is 2. The van der Waals surface area contributed by atoms with Crippen molar-refractivity contribution in [1.82, 2.24) is 10.6 Å². The lowest BCUT2D eigenvalue weighted by atomic mass is 10.0. The van der Waals surface area contributed by atoms with Crippen LogP contribution < -0.4 is 10.6 Å². The Balaban J connectivity index is 2.81. The van der Waals surface area contributed by atoms with Crippen molar-refractivity contribution < 1.29 is 19.5 Å². The van der Waals surface area contributed by atoms with Crippen LogP contribution in [0.15, 0.2) is 36.9 Å². The summed E-state index contributed by atoms with van der Waals surface area (Å²) in [6.45, 7) is 4.87. The summed E-state index contributed by atoms with van der Waals surface area (Å²) in [6.07, 6.45) is 1.89. The van der Waals surface area contributed by atoms with E-state index in [-0.39, 0.29) is 18.7 Å². The second-order valence-electron chi connectivity index (χ2n) is 5.41. The van der Waals surface area contributed by atoms with Gasteiger partial charge in [-0.2, -0.15) is 0 Å². The smallest absolute Gasteiger partial charge is 0.305 e. The van der Waals surface area contributed by atoms with Crippen LogP contribution in [0.2, 0.25) is 5.02 Å². The molecule has 6 nitrogen and oxygen atoms in total. The molecule has 0 saturated heterocycles. The quantitative estimate of drug-likeness (QED) is 0.592. The molecule has 0 aliphatic rings. The number of rotatable bonds is 9. The first-order chi connectivity index (χ1) is 11.3. The molecule has 0 fully saturated rings. The van der Waals surface area contributed by atoms with E-state index in [1.54, 1.807) is 24.3 Å². The summed E-state index contributed by atoms with van der Waals surface area (Å²) in [6, 6.07) is 5.58. The lowest BCUT2D eigenvalue weighted by Gasteiger charge is -2.22. The Hall–Kier alpha value is -2.34. The fraction of sp³-hybridized carbons (Fsp3) is 0.353. The number of carbonyl (C=O) groups is 3. The standard InChI is InChI=1S/C17H21ClN2O4/c1-3-4-15(19-11(2)21)17(24)20-14(10-16(22)23)9-12-5-7-13(18)8-6-12/h3,5-8,14-15H,1,4,9-10H2,2H3,(H,19,21)(H,20,24)(H,22,23)/t14-,15?/m1/s1. The molecule has 0 aliphatic heterocycles. The van der Waals surface area contributed by atoms with E-state index in [1.807, 2.05) is 0 Å². The normalized spacial score (nSPS) is 12.8. The lowest BCUT2D eigenvalue weighted by molar-refractivity contribution is -0.138. The average Bonchev–Trinajstić information content (AvgIpc) is 2.48. The highest BCUT2D eigenvalue weighted by Crippen LogP contribution is 2.12. The van der Waals surface area contributed by atoms with Gasteiger partial charge in [0.1, 0.15) is 6.04 Å². The molecule has 0 aromatic heterocycles. The van der Waals surface area contributed by atoms with Gasteiger partial charge in [0, 0.05) is 18.0 Å². The summed E-state index contributed by atoms with van der Waals surface area (Å²) in [5.74, 6) is -1.80. The summed E-state index contributed by atoms with van der Waals surface area (Å²) in [5.41, 5.74) is 0.853. The molecule has 0 radical (unpaired) electrons. The minimum absolute atomic E-state index is 0.227. The maximum atomic E-state index is 12.3. The molecular weight excluding hydrogens is 332 g/mol. The van der Waals surface area contributed by atoms with Gasteiger partial charge in [-0.05, 0) is 30.5 Å². The molecule has 1 rings (SSSR count). The molecular formula is C17H21ClN2O4. The Morgan fingerprint density at radius 3 is 2.38 bits per heavy atom. The van der Waals surface area contributed by atoms with Gasteiger partial charge in [-0.25, -0.2) is 0 Å². The maximum absolute atomic E-state index is 12.3. The van der Waals surface area contributed by atoms with E-state index in [4.69, 9.17) is 16.7 Å². The molecule has 2 atom stereocenters. The van der Waals surface area contributed by atoms with E-state index < -0.39 is 24.0 Å². The van der Waals surface area contributed by atoms with Gasteiger partial charge in [0.05, 0.1) is 6.42 Å². The molecule has 1 unspecified atom stereocenters. The summed E-state index contributed by atoms with van der Waals surface area (Å²) in [4.78, 5) is 34.6. The first kappa shape index (κ1) is 19.7. The number of hydrogen-bond acceptors (Lipinski definition) is 3. The minimum Gasteiger partial charge on any atom is -0.481 e. The van der Waals surface area contributed by atoms with Crippen LogP contribution >= 0.6 is 11.6 Å². The Bertz CT molecular complexity index is 601. The molecule has 130 valence electrons. The molecule has 1 aromatic carbocycles. The van der Waals surface area contributed by atoms with Crippen LogP contribution in [-0.4, -0.2) is 35.0 Å². The van der Waals surface area contributed by atoms with Gasteiger partial charge in [0.2, 0.25) is 11.8 Å². The largest absolute Gasteiger partial charge is 0.481 e. The summed E-state index contributed by atoms with van der Waals surface area (Å²) in [7, 11) is 0. The number of carbonyl (C=O) groups excluding carboxylic acids is 2. The Morgan fingerprint density at radius 1 is 1.25 bits per heavy atom. The van der Waals surface area contributed by atoms with Crippen molar-refractivity contribution >= 4 is 29.4 Å².